The Balaban J connectivity index is 1.86. The Labute approximate surface area is 144 Å². The van der Waals surface area contributed by atoms with Crippen LogP contribution in [0, 0.1) is 17.7 Å². The minimum atomic E-state index is -0.246. The predicted molar refractivity (Wildman–Crippen MR) is 95.2 cm³/mol. The van der Waals surface area contributed by atoms with Crippen LogP contribution in [0.15, 0.2) is 24.3 Å². The number of rotatable bonds is 7. The molecule has 1 aliphatic heterocycles. The fraction of sp³-hybridized carbons (Fsp3) is 0.632. The molecule has 0 saturated carbocycles. The quantitative estimate of drug-likeness (QED) is 0.805. The molecule has 1 heterocycles. The number of amides is 1. The Hall–Kier alpha value is -1.46. The molecule has 1 fully saturated rings. The van der Waals surface area contributed by atoms with E-state index in [1.54, 1.807) is 6.07 Å². The van der Waals surface area contributed by atoms with E-state index in [0.717, 1.165) is 18.7 Å². The van der Waals surface area contributed by atoms with Gasteiger partial charge in [-0.3, -0.25) is 4.79 Å². The van der Waals surface area contributed by atoms with E-state index in [1.165, 1.54) is 25.0 Å². The van der Waals surface area contributed by atoms with E-state index in [1.807, 2.05) is 25.1 Å². The molecule has 1 aliphatic rings. The number of likely N-dealkylation sites (N-methyl/N-ethyl adjacent to an activating group) is 1. The van der Waals surface area contributed by atoms with Crippen LogP contribution in [0.5, 0.6) is 0 Å². The van der Waals surface area contributed by atoms with Gasteiger partial charge in [-0.05, 0) is 69.6 Å². The highest BCUT2D eigenvalue weighted by molar-refractivity contribution is 5.76. The van der Waals surface area contributed by atoms with Crippen LogP contribution in [0.2, 0.25) is 0 Å². The van der Waals surface area contributed by atoms with Gasteiger partial charge in [0.2, 0.25) is 5.91 Å². The Morgan fingerprint density at radius 3 is 2.88 bits per heavy atom. The lowest BCUT2D eigenvalue weighted by Gasteiger charge is -2.29. The summed E-state index contributed by atoms with van der Waals surface area (Å²) in [5.41, 5.74) is 0.879. The zero-order chi connectivity index (χ0) is 17.5. The van der Waals surface area contributed by atoms with Gasteiger partial charge < -0.3 is 15.5 Å². The van der Waals surface area contributed by atoms with Crippen LogP contribution < -0.4 is 10.6 Å². The molecular weight excluding hydrogens is 305 g/mol. The third kappa shape index (κ3) is 5.56. The standard InChI is InChI=1S/C19H30FN3O/c1-14(16-7-5-9-21-12-16)10-19(24)22-13-18(23(2)3)15-6-4-8-17(20)11-15/h4,6,8,11,14,16,18,21H,5,7,9-10,12-13H2,1-3H3,(H,22,24). The Morgan fingerprint density at radius 2 is 2.25 bits per heavy atom. The van der Waals surface area contributed by atoms with E-state index >= 15 is 0 Å². The number of halogens is 1. The third-order valence-electron chi connectivity index (χ3n) is 5.00. The molecule has 2 N–H and O–H groups in total. The van der Waals surface area contributed by atoms with Crippen molar-refractivity contribution < 1.29 is 9.18 Å². The number of nitrogens with zero attached hydrogens (tertiary/aromatic N) is 1. The third-order valence-corrected chi connectivity index (χ3v) is 5.00. The van der Waals surface area contributed by atoms with Crippen LogP contribution in [0.25, 0.3) is 0 Å². The van der Waals surface area contributed by atoms with Gasteiger partial charge in [-0.1, -0.05) is 19.1 Å². The summed E-state index contributed by atoms with van der Waals surface area (Å²) in [6.45, 7) is 4.75. The number of benzene rings is 1. The second kappa shape index (κ2) is 9.14. The molecule has 3 atom stereocenters. The normalized spacial score (nSPS) is 20.6. The van der Waals surface area contributed by atoms with Crippen LogP contribution in [0.4, 0.5) is 4.39 Å². The molecule has 0 radical (unpaired) electrons. The number of carbonyl (C=O) groups excluding carboxylic acids is 1. The number of carbonyl (C=O) groups is 1. The van der Waals surface area contributed by atoms with E-state index in [2.05, 4.69) is 17.6 Å². The van der Waals surface area contributed by atoms with Gasteiger partial charge in [0.05, 0.1) is 6.04 Å². The average Bonchev–Trinajstić information content (AvgIpc) is 2.55. The summed E-state index contributed by atoms with van der Waals surface area (Å²) < 4.78 is 13.5. The summed E-state index contributed by atoms with van der Waals surface area (Å²) in [6.07, 6.45) is 2.94. The van der Waals surface area contributed by atoms with Crippen molar-refractivity contribution in [2.24, 2.45) is 11.8 Å². The minimum absolute atomic E-state index is 0.0312. The smallest absolute Gasteiger partial charge is 0.220 e. The fourth-order valence-corrected chi connectivity index (χ4v) is 3.42. The molecule has 0 aromatic heterocycles. The fourth-order valence-electron chi connectivity index (χ4n) is 3.42. The van der Waals surface area contributed by atoms with Gasteiger partial charge in [0.1, 0.15) is 5.82 Å². The van der Waals surface area contributed by atoms with Crippen LogP contribution >= 0.6 is 0 Å². The van der Waals surface area contributed by atoms with E-state index < -0.39 is 0 Å². The van der Waals surface area contributed by atoms with Gasteiger partial charge >= 0.3 is 0 Å². The summed E-state index contributed by atoms with van der Waals surface area (Å²) in [4.78, 5) is 14.3. The van der Waals surface area contributed by atoms with Crippen LogP contribution in [0.3, 0.4) is 0 Å². The number of hydrogen-bond donors (Lipinski definition) is 2. The van der Waals surface area contributed by atoms with Crippen molar-refractivity contribution in [1.82, 2.24) is 15.5 Å². The molecule has 1 aromatic rings. The summed E-state index contributed by atoms with van der Waals surface area (Å²) in [5, 5.41) is 6.44. The first-order valence-electron chi connectivity index (χ1n) is 8.86. The van der Waals surface area contributed by atoms with Crippen molar-refractivity contribution in [1.29, 1.82) is 0 Å². The molecule has 0 spiro atoms. The molecular formula is C19H30FN3O. The van der Waals surface area contributed by atoms with E-state index in [0.29, 0.717) is 24.8 Å². The highest BCUT2D eigenvalue weighted by atomic mass is 19.1. The van der Waals surface area contributed by atoms with E-state index in [-0.39, 0.29) is 17.8 Å². The lowest BCUT2D eigenvalue weighted by molar-refractivity contribution is -0.122. The average molecular weight is 335 g/mol. The zero-order valence-corrected chi connectivity index (χ0v) is 15.0. The first-order valence-corrected chi connectivity index (χ1v) is 8.86. The maximum absolute atomic E-state index is 13.5. The van der Waals surface area contributed by atoms with Crippen LogP contribution in [0.1, 0.15) is 37.8 Å². The summed E-state index contributed by atoms with van der Waals surface area (Å²) in [7, 11) is 3.89. The van der Waals surface area contributed by atoms with Gasteiger partial charge in [0, 0.05) is 13.0 Å². The Kier molecular flexibility index (Phi) is 7.18. The Bertz CT molecular complexity index is 529. The highest BCUT2D eigenvalue weighted by Gasteiger charge is 2.23. The molecule has 4 nitrogen and oxygen atoms in total. The van der Waals surface area contributed by atoms with Crippen molar-refractivity contribution in [2.75, 3.05) is 33.7 Å². The molecule has 1 amide bonds. The van der Waals surface area contributed by atoms with Crippen molar-refractivity contribution in [3.8, 4) is 0 Å². The molecule has 2 rings (SSSR count). The lowest BCUT2D eigenvalue weighted by Crippen LogP contribution is -2.38. The largest absolute Gasteiger partial charge is 0.354 e. The molecule has 134 valence electrons. The summed E-state index contributed by atoms with van der Waals surface area (Å²) in [5.74, 6) is 0.794. The van der Waals surface area contributed by atoms with Crippen molar-refractivity contribution in [3.63, 3.8) is 0 Å². The molecule has 3 unspecified atom stereocenters. The van der Waals surface area contributed by atoms with Gasteiger partial charge in [0.25, 0.3) is 0 Å². The molecule has 1 saturated heterocycles. The minimum Gasteiger partial charge on any atom is -0.354 e. The second-order valence-electron chi connectivity index (χ2n) is 7.13. The number of piperidine rings is 1. The van der Waals surface area contributed by atoms with Crippen molar-refractivity contribution >= 4 is 5.91 Å². The summed E-state index contributed by atoms with van der Waals surface area (Å²) >= 11 is 0. The number of nitrogens with one attached hydrogen (secondary N) is 2. The lowest BCUT2D eigenvalue weighted by atomic mass is 9.85. The molecule has 5 heteroatoms. The summed E-state index contributed by atoms with van der Waals surface area (Å²) in [6, 6.07) is 6.55. The maximum atomic E-state index is 13.5. The van der Waals surface area contributed by atoms with Crippen LogP contribution in [-0.2, 0) is 4.79 Å². The van der Waals surface area contributed by atoms with Gasteiger partial charge in [-0.15, -0.1) is 0 Å². The van der Waals surface area contributed by atoms with Gasteiger partial charge in [-0.2, -0.15) is 0 Å². The van der Waals surface area contributed by atoms with Crippen molar-refractivity contribution in [3.05, 3.63) is 35.6 Å². The van der Waals surface area contributed by atoms with E-state index in [4.69, 9.17) is 0 Å². The SMILES string of the molecule is CC(CC(=O)NCC(c1cccc(F)c1)N(C)C)C1CCCNC1. The van der Waals surface area contributed by atoms with Crippen LogP contribution in [-0.4, -0.2) is 44.5 Å². The first-order chi connectivity index (χ1) is 11.5. The molecule has 0 aliphatic carbocycles. The van der Waals surface area contributed by atoms with Gasteiger partial charge in [0.15, 0.2) is 0 Å². The molecule has 0 bridgehead atoms. The topological polar surface area (TPSA) is 44.4 Å². The molecule has 24 heavy (non-hydrogen) atoms. The van der Waals surface area contributed by atoms with Gasteiger partial charge in [-0.25, -0.2) is 4.39 Å². The predicted octanol–water partition coefficient (Wildman–Crippen LogP) is 2.57. The number of hydrogen-bond acceptors (Lipinski definition) is 3. The first kappa shape index (κ1) is 18.9. The zero-order valence-electron chi connectivity index (χ0n) is 15.0. The second-order valence-corrected chi connectivity index (χ2v) is 7.13. The Morgan fingerprint density at radius 1 is 1.46 bits per heavy atom. The maximum Gasteiger partial charge on any atom is 0.220 e. The highest BCUT2D eigenvalue weighted by Crippen LogP contribution is 2.23. The van der Waals surface area contributed by atoms with Crippen molar-refractivity contribution in [2.45, 2.75) is 32.2 Å². The van der Waals surface area contributed by atoms with E-state index in [9.17, 15) is 9.18 Å². The monoisotopic (exact) mass is 335 g/mol. The molecule has 1 aromatic carbocycles.